The zero-order chi connectivity index (χ0) is 18.6. The third-order valence-electron chi connectivity index (χ3n) is 5.86. The van der Waals surface area contributed by atoms with Gasteiger partial charge in [0.2, 0.25) is 5.91 Å². The van der Waals surface area contributed by atoms with Crippen molar-refractivity contribution in [2.24, 2.45) is 17.1 Å². The molecular weight excluding hydrogens is 333 g/mol. The lowest BCUT2D eigenvalue weighted by atomic mass is 9.46. The van der Waals surface area contributed by atoms with Gasteiger partial charge < -0.3 is 15.8 Å². The molecule has 138 valence electrons. The summed E-state index contributed by atoms with van der Waals surface area (Å²) in [6.45, 7) is 5.78. The summed E-state index contributed by atoms with van der Waals surface area (Å²) < 4.78 is 45.0. The fraction of sp³-hybridized carbons (Fsp3) is 0.611. The van der Waals surface area contributed by atoms with Crippen LogP contribution in [0.1, 0.15) is 37.8 Å². The second kappa shape index (κ2) is 5.71. The van der Waals surface area contributed by atoms with Crippen molar-refractivity contribution >= 4 is 11.6 Å². The maximum Gasteiger partial charge on any atom is 0.416 e. The molecule has 2 aliphatic rings. The third kappa shape index (κ3) is 2.64. The Morgan fingerprint density at radius 1 is 1.36 bits per heavy atom. The van der Waals surface area contributed by atoms with E-state index in [0.29, 0.717) is 6.61 Å². The highest BCUT2D eigenvalue weighted by molar-refractivity contribution is 6.00. The number of amides is 1. The van der Waals surface area contributed by atoms with E-state index < -0.39 is 28.6 Å². The Morgan fingerprint density at radius 3 is 2.68 bits per heavy atom. The average Bonchev–Trinajstić information content (AvgIpc) is 2.54. The summed E-state index contributed by atoms with van der Waals surface area (Å²) in [5, 5.41) is 2.59. The lowest BCUT2D eigenvalue weighted by Crippen LogP contribution is -2.81. The van der Waals surface area contributed by atoms with Crippen LogP contribution in [0.4, 0.5) is 18.9 Å². The summed E-state index contributed by atoms with van der Waals surface area (Å²) in [6, 6.07) is 3.77. The quantitative estimate of drug-likeness (QED) is 0.853. The molecule has 0 bridgehead atoms. The number of benzene rings is 1. The van der Waals surface area contributed by atoms with E-state index in [-0.39, 0.29) is 23.3 Å². The SMILES string of the molecule is Cc1ccc(NC(=O)C2(N)C3CCCOC3C2(C)C)cc1C(F)(F)F. The van der Waals surface area contributed by atoms with E-state index in [4.69, 9.17) is 10.5 Å². The highest BCUT2D eigenvalue weighted by atomic mass is 19.4. The maximum atomic E-state index is 13.1. The fourth-order valence-electron chi connectivity index (χ4n) is 4.28. The maximum absolute atomic E-state index is 13.1. The second-order valence-electron chi connectivity index (χ2n) is 7.61. The molecule has 1 amide bonds. The molecule has 4 nitrogen and oxygen atoms in total. The van der Waals surface area contributed by atoms with Gasteiger partial charge >= 0.3 is 6.18 Å². The van der Waals surface area contributed by atoms with Gasteiger partial charge in [-0.1, -0.05) is 19.9 Å². The van der Waals surface area contributed by atoms with Gasteiger partial charge in [-0.25, -0.2) is 0 Å². The predicted molar refractivity (Wildman–Crippen MR) is 88.0 cm³/mol. The number of fused-ring (bicyclic) bond motifs is 1. The zero-order valence-corrected chi connectivity index (χ0v) is 14.5. The molecule has 0 radical (unpaired) electrons. The van der Waals surface area contributed by atoms with E-state index in [9.17, 15) is 18.0 Å². The second-order valence-corrected chi connectivity index (χ2v) is 7.61. The minimum absolute atomic E-state index is 0.0965. The molecule has 1 aliphatic carbocycles. The number of carbonyl (C=O) groups excluding carboxylic acids is 1. The largest absolute Gasteiger partial charge is 0.416 e. The summed E-state index contributed by atoms with van der Waals surface area (Å²) >= 11 is 0. The fourth-order valence-corrected chi connectivity index (χ4v) is 4.28. The van der Waals surface area contributed by atoms with Crippen LogP contribution in [0.15, 0.2) is 18.2 Å². The number of carbonyl (C=O) groups is 1. The topological polar surface area (TPSA) is 64.4 Å². The highest BCUT2D eigenvalue weighted by Gasteiger charge is 2.70. The first-order chi connectivity index (χ1) is 11.5. The van der Waals surface area contributed by atoms with Crippen molar-refractivity contribution in [3.05, 3.63) is 29.3 Å². The summed E-state index contributed by atoms with van der Waals surface area (Å²) in [7, 11) is 0. The Kier molecular flexibility index (Phi) is 4.15. The van der Waals surface area contributed by atoms with Gasteiger partial charge in [-0.3, -0.25) is 4.79 Å². The molecule has 0 spiro atoms. The van der Waals surface area contributed by atoms with Crippen LogP contribution in [0.25, 0.3) is 0 Å². The molecule has 25 heavy (non-hydrogen) atoms. The van der Waals surface area contributed by atoms with E-state index in [2.05, 4.69) is 5.32 Å². The molecule has 1 saturated carbocycles. The van der Waals surface area contributed by atoms with Crippen LogP contribution in [0.2, 0.25) is 0 Å². The molecule has 1 aromatic carbocycles. The molecule has 7 heteroatoms. The molecule has 1 heterocycles. The van der Waals surface area contributed by atoms with Crippen molar-refractivity contribution in [3.63, 3.8) is 0 Å². The molecule has 1 aliphatic heterocycles. The van der Waals surface area contributed by atoms with E-state index in [1.165, 1.54) is 19.1 Å². The first-order valence-electron chi connectivity index (χ1n) is 8.39. The number of anilines is 1. The summed E-state index contributed by atoms with van der Waals surface area (Å²) in [4.78, 5) is 12.9. The normalized spacial score (nSPS) is 31.0. The van der Waals surface area contributed by atoms with E-state index in [1.807, 2.05) is 13.8 Å². The molecular formula is C18H23F3N2O2. The molecule has 1 aromatic rings. The standard InChI is InChI=1S/C18H23F3N2O2/c1-10-6-7-11(9-13(10)18(19,20)21)23-15(24)17(22)12-5-4-8-25-14(12)16(17,2)3/h6-7,9,12,14H,4-5,8,22H2,1-3H3,(H,23,24). The van der Waals surface area contributed by atoms with Gasteiger partial charge in [0.05, 0.1) is 11.7 Å². The Balaban J connectivity index is 1.85. The van der Waals surface area contributed by atoms with E-state index in [1.54, 1.807) is 0 Å². The molecule has 0 aromatic heterocycles. The van der Waals surface area contributed by atoms with Crippen LogP contribution in [-0.2, 0) is 15.7 Å². The van der Waals surface area contributed by atoms with Gasteiger partial charge in [-0.15, -0.1) is 0 Å². The monoisotopic (exact) mass is 356 g/mol. The number of aryl methyl sites for hydroxylation is 1. The Hall–Kier alpha value is -1.60. The molecule has 3 N–H and O–H groups in total. The number of hydrogen-bond donors (Lipinski definition) is 2. The molecule has 3 atom stereocenters. The smallest absolute Gasteiger partial charge is 0.377 e. The molecule has 3 unspecified atom stereocenters. The number of nitrogens with two attached hydrogens (primary N) is 1. The summed E-state index contributed by atoms with van der Waals surface area (Å²) in [5.74, 6) is -0.579. The highest BCUT2D eigenvalue weighted by Crippen LogP contribution is 2.57. The van der Waals surface area contributed by atoms with E-state index >= 15 is 0 Å². The van der Waals surface area contributed by atoms with Gasteiger partial charge in [-0.05, 0) is 37.5 Å². The number of nitrogens with one attached hydrogen (secondary N) is 1. The van der Waals surface area contributed by atoms with Gasteiger partial charge in [0, 0.05) is 23.6 Å². The Labute approximate surface area is 144 Å². The van der Waals surface area contributed by atoms with Crippen LogP contribution in [0, 0.1) is 18.3 Å². The van der Waals surface area contributed by atoms with Crippen molar-refractivity contribution in [1.82, 2.24) is 0 Å². The van der Waals surface area contributed by atoms with Gasteiger partial charge in [-0.2, -0.15) is 13.2 Å². The predicted octanol–water partition coefficient (Wildman–Crippen LogP) is 3.48. The number of halogens is 3. The zero-order valence-electron chi connectivity index (χ0n) is 14.5. The number of hydrogen-bond acceptors (Lipinski definition) is 3. The van der Waals surface area contributed by atoms with Crippen molar-refractivity contribution in [2.75, 3.05) is 11.9 Å². The van der Waals surface area contributed by atoms with Crippen molar-refractivity contribution in [3.8, 4) is 0 Å². The molecule has 3 rings (SSSR count). The number of rotatable bonds is 2. The Morgan fingerprint density at radius 2 is 2.04 bits per heavy atom. The van der Waals surface area contributed by atoms with E-state index in [0.717, 1.165) is 18.9 Å². The summed E-state index contributed by atoms with van der Waals surface area (Å²) in [5.41, 5.74) is 4.17. The number of alkyl halides is 3. The van der Waals surface area contributed by atoms with Crippen molar-refractivity contribution in [1.29, 1.82) is 0 Å². The van der Waals surface area contributed by atoms with Crippen LogP contribution >= 0.6 is 0 Å². The van der Waals surface area contributed by atoms with Crippen molar-refractivity contribution < 1.29 is 22.7 Å². The van der Waals surface area contributed by atoms with Crippen LogP contribution in [0.3, 0.4) is 0 Å². The average molecular weight is 356 g/mol. The summed E-state index contributed by atoms with van der Waals surface area (Å²) in [6.07, 6.45) is -2.96. The van der Waals surface area contributed by atoms with Crippen LogP contribution in [-0.4, -0.2) is 24.2 Å². The minimum atomic E-state index is -4.47. The first-order valence-corrected chi connectivity index (χ1v) is 8.39. The Bertz CT molecular complexity index is 702. The lowest BCUT2D eigenvalue weighted by molar-refractivity contribution is -0.222. The third-order valence-corrected chi connectivity index (χ3v) is 5.86. The van der Waals surface area contributed by atoms with Gasteiger partial charge in [0.25, 0.3) is 0 Å². The molecule has 2 fully saturated rings. The van der Waals surface area contributed by atoms with Crippen molar-refractivity contribution in [2.45, 2.75) is 51.4 Å². The van der Waals surface area contributed by atoms with Crippen LogP contribution in [0.5, 0.6) is 0 Å². The molecule has 1 saturated heterocycles. The number of ether oxygens (including phenoxy) is 1. The van der Waals surface area contributed by atoms with Gasteiger partial charge in [0.15, 0.2) is 0 Å². The lowest BCUT2D eigenvalue weighted by Gasteiger charge is -2.65. The first kappa shape index (κ1) is 18.2. The van der Waals surface area contributed by atoms with Crippen LogP contribution < -0.4 is 11.1 Å². The van der Waals surface area contributed by atoms with Gasteiger partial charge in [0.1, 0.15) is 5.54 Å². The minimum Gasteiger partial charge on any atom is -0.377 e.